The average Bonchev–Trinajstić information content (AvgIpc) is 2.59. The molecule has 1 aliphatic rings. The summed E-state index contributed by atoms with van der Waals surface area (Å²) in [6.45, 7) is 3.89. The second kappa shape index (κ2) is 8.39. The van der Waals surface area contributed by atoms with Gasteiger partial charge in [-0.25, -0.2) is 0 Å². The molecule has 124 valence electrons. The van der Waals surface area contributed by atoms with Crippen molar-refractivity contribution in [2.45, 2.75) is 51.1 Å². The lowest BCUT2D eigenvalue weighted by atomic mass is 9.91. The molecule has 1 saturated carbocycles. The third kappa shape index (κ3) is 3.73. The van der Waals surface area contributed by atoms with Crippen molar-refractivity contribution in [1.82, 2.24) is 4.90 Å². The Kier molecular flexibility index (Phi) is 6.52. The quantitative estimate of drug-likeness (QED) is 0.839. The third-order valence-corrected chi connectivity index (χ3v) is 4.82. The molecule has 0 bridgehead atoms. The van der Waals surface area contributed by atoms with Crippen LogP contribution in [0.25, 0.3) is 0 Å². The molecule has 0 aromatic heterocycles. The number of likely N-dealkylation sites (N-methyl/N-ethyl adjacent to an activating group) is 1. The number of benzene rings is 1. The highest BCUT2D eigenvalue weighted by molar-refractivity contribution is 5.44. The standard InChI is InChI=1S/C18H30N2O2/c1-4-20(15-8-6-5-7-9-15)16(13-19)14-10-11-17(21-2)18(12-14)22-3/h10-12,15-16H,4-9,13,19H2,1-3H3. The lowest BCUT2D eigenvalue weighted by Gasteiger charge is -2.39. The molecule has 0 amide bonds. The van der Waals surface area contributed by atoms with Gasteiger partial charge < -0.3 is 15.2 Å². The molecular formula is C18H30N2O2. The summed E-state index contributed by atoms with van der Waals surface area (Å²) in [6, 6.07) is 7.06. The summed E-state index contributed by atoms with van der Waals surface area (Å²) in [7, 11) is 3.34. The Morgan fingerprint density at radius 1 is 1.14 bits per heavy atom. The zero-order valence-corrected chi connectivity index (χ0v) is 14.2. The minimum atomic E-state index is 0.243. The number of ether oxygens (including phenoxy) is 2. The van der Waals surface area contributed by atoms with E-state index in [2.05, 4.69) is 24.0 Å². The van der Waals surface area contributed by atoms with Crippen LogP contribution in [0.15, 0.2) is 18.2 Å². The number of hydrogen-bond acceptors (Lipinski definition) is 4. The molecular weight excluding hydrogens is 276 g/mol. The first-order valence-corrected chi connectivity index (χ1v) is 8.42. The Morgan fingerprint density at radius 2 is 1.82 bits per heavy atom. The van der Waals surface area contributed by atoms with Gasteiger partial charge in [0.25, 0.3) is 0 Å². The van der Waals surface area contributed by atoms with Crippen molar-refractivity contribution < 1.29 is 9.47 Å². The molecule has 1 aromatic rings. The smallest absolute Gasteiger partial charge is 0.161 e. The Labute approximate surface area is 134 Å². The van der Waals surface area contributed by atoms with Gasteiger partial charge in [-0.15, -0.1) is 0 Å². The molecule has 1 atom stereocenters. The van der Waals surface area contributed by atoms with Gasteiger partial charge in [-0.1, -0.05) is 32.3 Å². The van der Waals surface area contributed by atoms with E-state index in [1.54, 1.807) is 14.2 Å². The maximum absolute atomic E-state index is 6.14. The Balaban J connectivity index is 2.25. The third-order valence-electron chi connectivity index (χ3n) is 4.82. The van der Waals surface area contributed by atoms with E-state index in [1.807, 2.05) is 6.07 Å². The first-order valence-electron chi connectivity index (χ1n) is 8.42. The fraction of sp³-hybridized carbons (Fsp3) is 0.667. The molecule has 0 aliphatic heterocycles. The number of rotatable bonds is 7. The van der Waals surface area contributed by atoms with Crippen LogP contribution in [-0.4, -0.2) is 38.3 Å². The summed E-state index contributed by atoms with van der Waals surface area (Å²) in [5.41, 5.74) is 7.35. The van der Waals surface area contributed by atoms with Crippen LogP contribution in [0, 0.1) is 0 Å². The highest BCUT2D eigenvalue weighted by Crippen LogP contribution is 2.34. The normalized spacial score (nSPS) is 17.5. The van der Waals surface area contributed by atoms with E-state index in [0.29, 0.717) is 12.6 Å². The predicted molar refractivity (Wildman–Crippen MR) is 90.6 cm³/mol. The fourth-order valence-corrected chi connectivity index (χ4v) is 3.67. The van der Waals surface area contributed by atoms with Gasteiger partial charge in [0.2, 0.25) is 0 Å². The second-order valence-electron chi connectivity index (χ2n) is 5.99. The van der Waals surface area contributed by atoms with E-state index in [1.165, 1.54) is 37.7 Å². The maximum atomic E-state index is 6.14. The largest absolute Gasteiger partial charge is 0.493 e. The molecule has 4 nitrogen and oxygen atoms in total. The van der Waals surface area contributed by atoms with E-state index in [4.69, 9.17) is 15.2 Å². The second-order valence-corrected chi connectivity index (χ2v) is 5.99. The van der Waals surface area contributed by atoms with E-state index >= 15 is 0 Å². The summed E-state index contributed by atoms with van der Waals surface area (Å²) in [4.78, 5) is 2.57. The Morgan fingerprint density at radius 3 is 2.36 bits per heavy atom. The van der Waals surface area contributed by atoms with Crippen molar-refractivity contribution in [2.24, 2.45) is 5.73 Å². The molecule has 4 heteroatoms. The fourth-order valence-electron chi connectivity index (χ4n) is 3.67. The summed E-state index contributed by atoms with van der Waals surface area (Å²) >= 11 is 0. The van der Waals surface area contributed by atoms with Gasteiger partial charge in [0.1, 0.15) is 0 Å². The van der Waals surface area contributed by atoms with Crippen molar-refractivity contribution in [3.63, 3.8) is 0 Å². The first kappa shape index (κ1) is 17.1. The molecule has 0 spiro atoms. The summed E-state index contributed by atoms with van der Waals surface area (Å²) < 4.78 is 10.8. The number of hydrogen-bond donors (Lipinski definition) is 1. The van der Waals surface area contributed by atoms with Gasteiger partial charge in [0, 0.05) is 18.6 Å². The Bertz CT molecular complexity index is 458. The van der Waals surface area contributed by atoms with Gasteiger partial charge >= 0.3 is 0 Å². The SMILES string of the molecule is CCN(C1CCCCC1)C(CN)c1ccc(OC)c(OC)c1. The van der Waals surface area contributed by atoms with Crippen LogP contribution in [0.1, 0.15) is 50.6 Å². The number of nitrogens with two attached hydrogens (primary N) is 1. The van der Waals surface area contributed by atoms with E-state index in [-0.39, 0.29) is 6.04 Å². The molecule has 0 heterocycles. The first-order chi connectivity index (χ1) is 10.7. The molecule has 1 fully saturated rings. The van der Waals surface area contributed by atoms with Crippen molar-refractivity contribution in [1.29, 1.82) is 0 Å². The number of methoxy groups -OCH3 is 2. The van der Waals surface area contributed by atoms with Crippen LogP contribution in [0.5, 0.6) is 11.5 Å². The van der Waals surface area contributed by atoms with Crippen molar-refractivity contribution in [3.8, 4) is 11.5 Å². The van der Waals surface area contributed by atoms with Gasteiger partial charge in [-0.05, 0) is 37.1 Å². The Hall–Kier alpha value is -1.26. The van der Waals surface area contributed by atoms with Crippen molar-refractivity contribution in [2.75, 3.05) is 27.3 Å². The average molecular weight is 306 g/mol. The van der Waals surface area contributed by atoms with Crippen molar-refractivity contribution >= 4 is 0 Å². The summed E-state index contributed by atoms with van der Waals surface area (Å²) in [5.74, 6) is 1.54. The summed E-state index contributed by atoms with van der Waals surface area (Å²) in [5, 5.41) is 0. The van der Waals surface area contributed by atoms with Gasteiger partial charge in [0.15, 0.2) is 11.5 Å². The lowest BCUT2D eigenvalue weighted by molar-refractivity contribution is 0.113. The molecule has 1 aliphatic carbocycles. The van der Waals surface area contributed by atoms with E-state index < -0.39 is 0 Å². The monoisotopic (exact) mass is 306 g/mol. The van der Waals surface area contributed by atoms with Crippen LogP contribution in [0.4, 0.5) is 0 Å². The zero-order valence-electron chi connectivity index (χ0n) is 14.2. The molecule has 1 unspecified atom stereocenters. The molecule has 0 radical (unpaired) electrons. The topological polar surface area (TPSA) is 47.7 Å². The van der Waals surface area contributed by atoms with E-state index in [0.717, 1.165) is 18.0 Å². The predicted octanol–water partition coefficient (Wildman–Crippen LogP) is 3.36. The van der Waals surface area contributed by atoms with E-state index in [9.17, 15) is 0 Å². The van der Waals surface area contributed by atoms with Crippen LogP contribution in [-0.2, 0) is 0 Å². The highest BCUT2D eigenvalue weighted by atomic mass is 16.5. The minimum absolute atomic E-state index is 0.243. The van der Waals surface area contributed by atoms with Crippen LogP contribution in [0.2, 0.25) is 0 Å². The van der Waals surface area contributed by atoms with Crippen molar-refractivity contribution in [3.05, 3.63) is 23.8 Å². The maximum Gasteiger partial charge on any atom is 0.161 e. The van der Waals surface area contributed by atoms with Gasteiger partial charge in [0.05, 0.1) is 14.2 Å². The molecule has 2 rings (SSSR count). The molecule has 2 N–H and O–H groups in total. The molecule has 1 aromatic carbocycles. The zero-order chi connectivity index (χ0) is 15.9. The lowest BCUT2D eigenvalue weighted by Crippen LogP contribution is -2.42. The van der Waals surface area contributed by atoms with Gasteiger partial charge in [-0.2, -0.15) is 0 Å². The van der Waals surface area contributed by atoms with Crippen LogP contribution in [0.3, 0.4) is 0 Å². The van der Waals surface area contributed by atoms with Gasteiger partial charge in [-0.3, -0.25) is 4.90 Å². The minimum Gasteiger partial charge on any atom is -0.493 e. The van der Waals surface area contributed by atoms with Crippen LogP contribution < -0.4 is 15.2 Å². The molecule has 22 heavy (non-hydrogen) atoms. The highest BCUT2D eigenvalue weighted by Gasteiger charge is 2.27. The summed E-state index contributed by atoms with van der Waals surface area (Å²) in [6.07, 6.45) is 6.63. The number of nitrogens with zero attached hydrogens (tertiary/aromatic N) is 1. The van der Waals surface area contributed by atoms with Crippen LogP contribution >= 0.6 is 0 Å². The molecule has 0 saturated heterocycles.